The number of nitrogens with zero attached hydrogens (tertiary/aromatic N) is 1. The first kappa shape index (κ1) is 21.5. The maximum atomic E-state index is 12.2. The number of quaternary nitrogens is 1. The van der Waals surface area contributed by atoms with E-state index in [1.54, 1.807) is 0 Å². The smallest absolute Gasteiger partial charge is 0.310 e. The summed E-state index contributed by atoms with van der Waals surface area (Å²) in [4.78, 5) is 12.2. The zero-order valence-electron chi connectivity index (χ0n) is 16.8. The first-order valence-electron chi connectivity index (χ1n) is 9.76. The molecule has 0 radical (unpaired) electrons. The van der Waals surface area contributed by atoms with Crippen molar-refractivity contribution in [3.8, 4) is 0 Å². The molecule has 1 atom stereocenters. The van der Waals surface area contributed by atoms with Crippen molar-refractivity contribution < 1.29 is 14.0 Å². The summed E-state index contributed by atoms with van der Waals surface area (Å²) in [5.74, 6) is 0.888. The van der Waals surface area contributed by atoms with Gasteiger partial charge in [0.15, 0.2) is 0 Å². The first-order valence-corrected chi connectivity index (χ1v) is 10.8. The predicted molar refractivity (Wildman–Crippen MR) is 115 cm³/mol. The van der Waals surface area contributed by atoms with Gasteiger partial charge in [0.1, 0.15) is 6.61 Å². The molecule has 0 amide bonds. The minimum absolute atomic E-state index is 0.162. The second-order valence-corrected chi connectivity index (χ2v) is 8.40. The Morgan fingerprint density at radius 1 is 1.00 bits per heavy atom. The topological polar surface area (TPSA) is 26.3 Å². The van der Waals surface area contributed by atoms with E-state index in [0.717, 1.165) is 35.4 Å². The van der Waals surface area contributed by atoms with E-state index in [0.29, 0.717) is 13.0 Å². The number of ether oxygens (including phenoxy) is 1. The maximum Gasteiger partial charge on any atom is 0.310 e. The zero-order valence-corrected chi connectivity index (χ0v) is 17.6. The summed E-state index contributed by atoms with van der Waals surface area (Å²) in [6, 6.07) is 20.1. The Bertz CT molecular complexity index is 671. The van der Waals surface area contributed by atoms with E-state index in [1.165, 1.54) is 5.56 Å². The Hall–Kier alpha value is -1.78. The van der Waals surface area contributed by atoms with Crippen molar-refractivity contribution in [3.05, 3.63) is 71.8 Å². The van der Waals surface area contributed by atoms with Crippen molar-refractivity contribution >= 4 is 17.7 Å². The standard InChI is InChI=1S/C23H32NO2S/c1-4-24(3,5-2)16-17-27-22(21-14-10-7-11-15-21)19-26-23(25)18-20-12-8-6-9-13-20/h6-15,22H,4-5,16-19H2,1-3H3/q+1. The van der Waals surface area contributed by atoms with Crippen LogP contribution in [0, 0.1) is 0 Å². The highest BCUT2D eigenvalue weighted by Crippen LogP contribution is 2.29. The number of benzene rings is 2. The summed E-state index contributed by atoms with van der Waals surface area (Å²) in [6.07, 6.45) is 0.327. The molecule has 0 aromatic heterocycles. The van der Waals surface area contributed by atoms with Gasteiger partial charge in [-0.25, -0.2) is 0 Å². The highest BCUT2D eigenvalue weighted by molar-refractivity contribution is 7.99. The Labute approximate surface area is 168 Å². The van der Waals surface area contributed by atoms with Gasteiger partial charge < -0.3 is 9.22 Å². The van der Waals surface area contributed by atoms with Gasteiger partial charge in [-0.3, -0.25) is 4.79 Å². The van der Waals surface area contributed by atoms with Crippen LogP contribution in [0.1, 0.15) is 30.2 Å². The third-order valence-corrected chi connectivity index (χ3v) is 6.46. The minimum Gasteiger partial charge on any atom is -0.464 e. The first-order chi connectivity index (χ1) is 13.1. The molecule has 0 spiro atoms. The Balaban J connectivity index is 1.91. The maximum absolute atomic E-state index is 12.2. The SMILES string of the molecule is CC[N+](C)(CC)CCSC(COC(=O)Cc1ccccc1)c1ccccc1. The normalized spacial score (nSPS) is 12.6. The van der Waals surface area contributed by atoms with Crippen LogP contribution in [0.25, 0.3) is 0 Å². The van der Waals surface area contributed by atoms with Crippen LogP contribution in [0.5, 0.6) is 0 Å². The second kappa shape index (κ2) is 11.2. The number of carbonyl (C=O) groups is 1. The molecule has 27 heavy (non-hydrogen) atoms. The van der Waals surface area contributed by atoms with Gasteiger partial charge in [0.05, 0.1) is 38.4 Å². The number of hydrogen-bond acceptors (Lipinski definition) is 3. The third-order valence-electron chi connectivity index (χ3n) is 5.24. The highest BCUT2D eigenvalue weighted by Gasteiger charge is 2.20. The molecule has 0 aliphatic rings. The molecular weight excluding hydrogens is 354 g/mol. The van der Waals surface area contributed by atoms with Crippen molar-refractivity contribution in [2.45, 2.75) is 25.5 Å². The molecular formula is C23H32NO2S+. The van der Waals surface area contributed by atoms with E-state index in [4.69, 9.17) is 4.74 Å². The molecule has 2 aromatic carbocycles. The van der Waals surface area contributed by atoms with Gasteiger partial charge in [-0.2, -0.15) is 0 Å². The molecule has 0 bridgehead atoms. The fraction of sp³-hybridized carbons (Fsp3) is 0.435. The molecule has 4 heteroatoms. The average molecular weight is 387 g/mol. The summed E-state index contributed by atoms with van der Waals surface area (Å²) in [6.45, 7) is 8.31. The molecule has 1 unspecified atom stereocenters. The van der Waals surface area contributed by atoms with Gasteiger partial charge >= 0.3 is 5.97 Å². The third kappa shape index (κ3) is 7.39. The summed E-state index contributed by atoms with van der Waals surface area (Å²) >= 11 is 1.89. The molecule has 0 saturated heterocycles. The molecule has 146 valence electrons. The van der Waals surface area contributed by atoms with E-state index in [-0.39, 0.29) is 11.2 Å². The minimum atomic E-state index is -0.162. The molecule has 2 rings (SSSR count). The molecule has 0 fully saturated rings. The molecule has 2 aromatic rings. The number of carbonyl (C=O) groups excluding carboxylic acids is 1. The van der Waals surface area contributed by atoms with Crippen LogP contribution >= 0.6 is 11.8 Å². The van der Waals surface area contributed by atoms with E-state index >= 15 is 0 Å². The van der Waals surface area contributed by atoms with Gasteiger partial charge in [-0.05, 0) is 25.0 Å². The lowest BCUT2D eigenvalue weighted by Crippen LogP contribution is -2.45. The molecule has 0 N–H and O–H groups in total. The van der Waals surface area contributed by atoms with E-state index in [2.05, 4.69) is 33.0 Å². The summed E-state index contributed by atoms with van der Waals surface area (Å²) in [5, 5.41) is 0.174. The highest BCUT2D eigenvalue weighted by atomic mass is 32.2. The van der Waals surface area contributed by atoms with Gasteiger partial charge in [0.2, 0.25) is 0 Å². The molecule has 0 heterocycles. The lowest BCUT2D eigenvalue weighted by molar-refractivity contribution is -0.903. The Morgan fingerprint density at radius 2 is 1.59 bits per heavy atom. The summed E-state index contributed by atoms with van der Waals surface area (Å²) in [5.41, 5.74) is 2.21. The fourth-order valence-electron chi connectivity index (χ4n) is 2.85. The van der Waals surface area contributed by atoms with Crippen LogP contribution in [0.15, 0.2) is 60.7 Å². The lowest BCUT2D eigenvalue weighted by atomic mass is 10.1. The number of hydrogen-bond donors (Lipinski definition) is 0. The van der Waals surface area contributed by atoms with Crippen molar-refractivity contribution in [2.24, 2.45) is 0 Å². The van der Waals surface area contributed by atoms with E-state index < -0.39 is 0 Å². The van der Waals surface area contributed by atoms with Crippen molar-refractivity contribution in [2.75, 3.05) is 39.0 Å². The van der Waals surface area contributed by atoms with Crippen LogP contribution in [0.3, 0.4) is 0 Å². The van der Waals surface area contributed by atoms with Crippen LogP contribution in [0.2, 0.25) is 0 Å². The van der Waals surface area contributed by atoms with Crippen molar-refractivity contribution in [1.82, 2.24) is 0 Å². The summed E-state index contributed by atoms with van der Waals surface area (Å²) < 4.78 is 6.70. The van der Waals surface area contributed by atoms with Crippen LogP contribution in [-0.2, 0) is 16.0 Å². The van der Waals surface area contributed by atoms with Gasteiger partial charge in [-0.1, -0.05) is 60.7 Å². The number of thioether (sulfide) groups is 1. The molecule has 3 nitrogen and oxygen atoms in total. The van der Waals surface area contributed by atoms with Crippen LogP contribution in [-0.4, -0.2) is 49.5 Å². The van der Waals surface area contributed by atoms with E-state index in [1.807, 2.05) is 60.3 Å². The van der Waals surface area contributed by atoms with Crippen LogP contribution in [0.4, 0.5) is 0 Å². The van der Waals surface area contributed by atoms with Crippen LogP contribution < -0.4 is 0 Å². The lowest BCUT2D eigenvalue weighted by Gasteiger charge is -2.32. The second-order valence-electron chi connectivity index (χ2n) is 7.09. The molecule has 0 saturated carbocycles. The molecule has 0 aliphatic heterocycles. The monoisotopic (exact) mass is 386 g/mol. The predicted octanol–water partition coefficient (Wildman–Crippen LogP) is 4.73. The van der Waals surface area contributed by atoms with Crippen molar-refractivity contribution in [3.63, 3.8) is 0 Å². The van der Waals surface area contributed by atoms with E-state index in [9.17, 15) is 4.79 Å². The fourth-order valence-corrected chi connectivity index (χ4v) is 4.19. The van der Waals surface area contributed by atoms with Crippen molar-refractivity contribution in [1.29, 1.82) is 0 Å². The Morgan fingerprint density at radius 3 is 2.19 bits per heavy atom. The summed E-state index contributed by atoms with van der Waals surface area (Å²) in [7, 11) is 2.30. The Kier molecular flexibility index (Phi) is 8.89. The van der Waals surface area contributed by atoms with Gasteiger partial charge in [0.25, 0.3) is 0 Å². The largest absolute Gasteiger partial charge is 0.464 e. The number of esters is 1. The molecule has 0 aliphatic carbocycles. The average Bonchev–Trinajstić information content (AvgIpc) is 2.71. The van der Waals surface area contributed by atoms with Gasteiger partial charge in [-0.15, -0.1) is 11.8 Å². The van der Waals surface area contributed by atoms with Gasteiger partial charge in [0, 0.05) is 5.75 Å². The number of rotatable bonds is 11. The quantitative estimate of drug-likeness (QED) is 0.412. The zero-order chi connectivity index (χ0) is 19.5.